The van der Waals surface area contributed by atoms with Crippen molar-refractivity contribution in [2.75, 3.05) is 7.11 Å². The molecule has 0 amide bonds. The van der Waals surface area contributed by atoms with E-state index in [2.05, 4.69) is 0 Å². The first-order chi connectivity index (χ1) is 6.56. The Labute approximate surface area is 90.6 Å². The third kappa shape index (κ3) is 2.25. The molecule has 0 bridgehead atoms. The van der Waals surface area contributed by atoms with Crippen molar-refractivity contribution in [3.63, 3.8) is 0 Å². The van der Waals surface area contributed by atoms with Gasteiger partial charge in [0, 0.05) is 11.1 Å². The van der Waals surface area contributed by atoms with E-state index in [-0.39, 0.29) is 11.1 Å². The molecule has 1 rings (SSSR count). The Bertz CT molecular complexity index is 388. The van der Waals surface area contributed by atoms with Crippen molar-refractivity contribution in [2.24, 2.45) is 0 Å². The Kier molecular flexibility index (Phi) is 3.49. The fourth-order valence-corrected chi connectivity index (χ4v) is 1.31. The third-order valence-corrected chi connectivity index (χ3v) is 2.06. The SMILES string of the molecule is COc1ccc(C(=O)Cl)c(C(=O)Cl)c1. The van der Waals surface area contributed by atoms with E-state index < -0.39 is 10.5 Å². The predicted molar refractivity (Wildman–Crippen MR) is 53.4 cm³/mol. The molecule has 0 aliphatic rings. The summed E-state index contributed by atoms with van der Waals surface area (Å²) in [7, 11) is 1.44. The average molecular weight is 233 g/mol. The lowest BCUT2D eigenvalue weighted by molar-refractivity contribution is 0.105. The monoisotopic (exact) mass is 232 g/mol. The lowest BCUT2D eigenvalue weighted by atomic mass is 10.1. The fourth-order valence-electron chi connectivity index (χ4n) is 0.984. The molecule has 14 heavy (non-hydrogen) atoms. The van der Waals surface area contributed by atoms with Crippen LogP contribution in [0.25, 0.3) is 0 Å². The molecule has 0 saturated heterocycles. The van der Waals surface area contributed by atoms with E-state index in [9.17, 15) is 9.59 Å². The van der Waals surface area contributed by atoms with Crippen molar-refractivity contribution in [2.45, 2.75) is 0 Å². The van der Waals surface area contributed by atoms with Gasteiger partial charge in [-0.3, -0.25) is 9.59 Å². The van der Waals surface area contributed by atoms with Crippen molar-refractivity contribution in [3.05, 3.63) is 29.3 Å². The molecule has 0 fully saturated rings. The van der Waals surface area contributed by atoms with Crippen molar-refractivity contribution >= 4 is 33.7 Å². The van der Waals surface area contributed by atoms with E-state index in [1.54, 1.807) is 0 Å². The van der Waals surface area contributed by atoms with Gasteiger partial charge in [0.05, 0.1) is 7.11 Å². The van der Waals surface area contributed by atoms with E-state index in [0.29, 0.717) is 5.75 Å². The van der Waals surface area contributed by atoms with Gasteiger partial charge in [-0.25, -0.2) is 0 Å². The quantitative estimate of drug-likeness (QED) is 0.753. The van der Waals surface area contributed by atoms with Crippen molar-refractivity contribution in [3.8, 4) is 5.75 Å². The van der Waals surface area contributed by atoms with E-state index in [1.165, 1.54) is 25.3 Å². The number of hydrogen-bond acceptors (Lipinski definition) is 3. The molecule has 1 aromatic carbocycles. The summed E-state index contributed by atoms with van der Waals surface area (Å²) in [5.41, 5.74) is 0.124. The molecular formula is C9H6Cl2O3. The van der Waals surface area contributed by atoms with E-state index in [4.69, 9.17) is 27.9 Å². The van der Waals surface area contributed by atoms with Crippen LogP contribution in [0.4, 0.5) is 0 Å². The summed E-state index contributed by atoms with van der Waals surface area (Å²) in [4.78, 5) is 21.8. The van der Waals surface area contributed by atoms with Crippen LogP contribution < -0.4 is 4.74 Å². The number of carbonyl (C=O) groups is 2. The van der Waals surface area contributed by atoms with Gasteiger partial charge >= 0.3 is 0 Å². The molecule has 0 atom stereocenters. The maximum atomic E-state index is 10.9. The molecule has 0 unspecified atom stereocenters. The van der Waals surface area contributed by atoms with Gasteiger partial charge in [-0.15, -0.1) is 0 Å². The minimum absolute atomic E-state index is 0.0472. The number of benzene rings is 1. The van der Waals surface area contributed by atoms with Gasteiger partial charge in [0.1, 0.15) is 5.75 Å². The summed E-state index contributed by atoms with van der Waals surface area (Å²) < 4.78 is 4.87. The zero-order chi connectivity index (χ0) is 10.7. The van der Waals surface area contributed by atoms with Crippen LogP contribution in [0.3, 0.4) is 0 Å². The first-order valence-corrected chi connectivity index (χ1v) is 4.39. The number of ether oxygens (including phenoxy) is 1. The minimum Gasteiger partial charge on any atom is -0.497 e. The molecule has 0 heterocycles. The summed E-state index contributed by atoms with van der Waals surface area (Å²) in [6, 6.07) is 4.29. The third-order valence-electron chi connectivity index (χ3n) is 1.65. The van der Waals surface area contributed by atoms with Crippen LogP contribution in [0.2, 0.25) is 0 Å². The van der Waals surface area contributed by atoms with Gasteiger partial charge < -0.3 is 4.74 Å². The predicted octanol–water partition coefficient (Wildman–Crippen LogP) is 2.45. The molecule has 0 spiro atoms. The Morgan fingerprint density at radius 2 is 1.71 bits per heavy atom. The largest absolute Gasteiger partial charge is 0.497 e. The standard InChI is InChI=1S/C9H6Cl2O3/c1-14-5-2-3-6(8(10)12)7(4-5)9(11)13/h2-4H,1H3. The summed E-state index contributed by atoms with van der Waals surface area (Å²) >= 11 is 10.5. The molecule has 3 nitrogen and oxygen atoms in total. The molecule has 0 N–H and O–H groups in total. The van der Waals surface area contributed by atoms with Crippen LogP contribution in [-0.4, -0.2) is 17.6 Å². The molecule has 0 aromatic heterocycles. The highest BCUT2D eigenvalue weighted by atomic mass is 35.5. The van der Waals surface area contributed by atoms with Crippen molar-refractivity contribution in [1.29, 1.82) is 0 Å². The van der Waals surface area contributed by atoms with Gasteiger partial charge in [0.15, 0.2) is 0 Å². The van der Waals surface area contributed by atoms with E-state index >= 15 is 0 Å². The lowest BCUT2D eigenvalue weighted by Gasteiger charge is -2.04. The number of hydrogen-bond donors (Lipinski definition) is 0. The minimum atomic E-state index is -0.743. The normalized spacial score (nSPS) is 9.64. The van der Waals surface area contributed by atoms with Crippen LogP contribution in [0.5, 0.6) is 5.75 Å². The molecule has 74 valence electrons. The molecule has 0 aliphatic heterocycles. The second-order valence-corrected chi connectivity index (χ2v) is 3.15. The first-order valence-electron chi connectivity index (χ1n) is 3.64. The molecule has 0 saturated carbocycles. The van der Waals surface area contributed by atoms with Gasteiger partial charge in [-0.2, -0.15) is 0 Å². The van der Waals surface area contributed by atoms with Crippen LogP contribution in [-0.2, 0) is 0 Å². The van der Waals surface area contributed by atoms with Gasteiger partial charge in [0.2, 0.25) is 0 Å². The zero-order valence-corrected chi connectivity index (χ0v) is 8.72. The van der Waals surface area contributed by atoms with Crippen molar-refractivity contribution < 1.29 is 14.3 Å². The second-order valence-electron chi connectivity index (χ2n) is 2.46. The van der Waals surface area contributed by atoms with Crippen LogP contribution in [0.1, 0.15) is 20.7 Å². The fraction of sp³-hybridized carbons (Fsp3) is 0.111. The molecule has 0 radical (unpaired) electrons. The van der Waals surface area contributed by atoms with E-state index in [1.807, 2.05) is 0 Å². The Hall–Kier alpha value is -1.06. The molecule has 0 aliphatic carbocycles. The Morgan fingerprint density at radius 1 is 1.14 bits per heavy atom. The maximum Gasteiger partial charge on any atom is 0.253 e. The van der Waals surface area contributed by atoms with Gasteiger partial charge in [-0.1, -0.05) is 0 Å². The molecule has 1 aromatic rings. The first kappa shape index (κ1) is 11.0. The topological polar surface area (TPSA) is 43.4 Å². The Balaban J connectivity index is 3.31. The van der Waals surface area contributed by atoms with E-state index in [0.717, 1.165) is 0 Å². The zero-order valence-electron chi connectivity index (χ0n) is 7.21. The second kappa shape index (κ2) is 4.44. The smallest absolute Gasteiger partial charge is 0.253 e. The summed E-state index contributed by atoms with van der Waals surface area (Å²) in [5.74, 6) is 0.440. The average Bonchev–Trinajstić information content (AvgIpc) is 2.16. The highest BCUT2D eigenvalue weighted by Gasteiger charge is 2.14. The highest BCUT2D eigenvalue weighted by molar-refractivity contribution is 6.72. The van der Waals surface area contributed by atoms with Crippen molar-refractivity contribution in [1.82, 2.24) is 0 Å². The Morgan fingerprint density at radius 3 is 2.14 bits per heavy atom. The number of rotatable bonds is 3. The number of carbonyl (C=O) groups excluding carboxylic acids is 2. The van der Waals surface area contributed by atoms with Crippen LogP contribution in [0, 0.1) is 0 Å². The van der Waals surface area contributed by atoms with Gasteiger partial charge in [0.25, 0.3) is 10.5 Å². The summed E-state index contributed by atoms with van der Waals surface area (Å²) in [6.07, 6.45) is 0. The molecular weight excluding hydrogens is 227 g/mol. The van der Waals surface area contributed by atoms with Crippen LogP contribution >= 0.6 is 23.2 Å². The van der Waals surface area contributed by atoms with Gasteiger partial charge in [-0.05, 0) is 41.4 Å². The van der Waals surface area contributed by atoms with Crippen LogP contribution in [0.15, 0.2) is 18.2 Å². The number of methoxy groups -OCH3 is 1. The molecule has 5 heteroatoms. The summed E-state index contributed by atoms with van der Waals surface area (Å²) in [6.45, 7) is 0. The maximum absolute atomic E-state index is 10.9. The highest BCUT2D eigenvalue weighted by Crippen LogP contribution is 2.20. The summed E-state index contributed by atoms with van der Waals surface area (Å²) in [5, 5.41) is -1.47. The number of halogens is 2. The lowest BCUT2D eigenvalue weighted by Crippen LogP contribution is -2.01.